The molecule has 0 aromatic heterocycles. The summed E-state index contributed by atoms with van der Waals surface area (Å²) in [5.74, 6) is 0. The summed E-state index contributed by atoms with van der Waals surface area (Å²) in [6.07, 6.45) is 6.11. The van der Waals surface area contributed by atoms with Crippen molar-refractivity contribution >= 4 is 0 Å². The van der Waals surface area contributed by atoms with Crippen LogP contribution in [0.1, 0.15) is 37.3 Å². The largest absolute Gasteiger partial charge is 0.314 e. The van der Waals surface area contributed by atoms with Crippen LogP contribution in [0.5, 0.6) is 0 Å². The molecule has 0 aliphatic rings. The maximum Gasteiger partial charge on any atom is 0.00702 e. The van der Waals surface area contributed by atoms with Gasteiger partial charge in [-0.1, -0.05) is 67.6 Å². The van der Waals surface area contributed by atoms with Gasteiger partial charge in [0.1, 0.15) is 0 Å². The van der Waals surface area contributed by atoms with Crippen LogP contribution in [0.15, 0.2) is 60.7 Å². The van der Waals surface area contributed by atoms with Crippen molar-refractivity contribution in [3.63, 3.8) is 0 Å². The van der Waals surface area contributed by atoms with Crippen LogP contribution < -0.4 is 5.32 Å². The molecule has 112 valence electrons. The van der Waals surface area contributed by atoms with Crippen LogP contribution in [0, 0.1) is 0 Å². The Balaban J connectivity index is 1.73. The van der Waals surface area contributed by atoms with Crippen molar-refractivity contribution in [3.8, 4) is 0 Å². The lowest BCUT2D eigenvalue weighted by Gasteiger charge is -2.18. The SMILES string of the molecule is CCNC(CCCc1ccccc1)CCc1ccccc1. The minimum absolute atomic E-state index is 0.638. The van der Waals surface area contributed by atoms with Gasteiger partial charge in [0.15, 0.2) is 0 Å². The predicted octanol–water partition coefficient (Wildman–Crippen LogP) is 4.62. The molecular formula is C20H27N. The first-order chi connectivity index (χ1) is 10.4. The zero-order chi connectivity index (χ0) is 14.8. The molecule has 0 aliphatic heterocycles. The summed E-state index contributed by atoms with van der Waals surface area (Å²) in [5.41, 5.74) is 2.90. The fraction of sp³-hybridized carbons (Fsp3) is 0.400. The molecule has 1 nitrogen and oxygen atoms in total. The third kappa shape index (κ3) is 6.14. The fourth-order valence-corrected chi connectivity index (χ4v) is 2.82. The topological polar surface area (TPSA) is 12.0 Å². The normalized spacial score (nSPS) is 12.2. The predicted molar refractivity (Wildman–Crippen MR) is 91.6 cm³/mol. The number of hydrogen-bond donors (Lipinski definition) is 1. The molecule has 0 saturated heterocycles. The monoisotopic (exact) mass is 281 g/mol. The first kappa shape index (κ1) is 15.8. The van der Waals surface area contributed by atoms with Crippen molar-refractivity contribution < 1.29 is 0 Å². The molecule has 0 saturated carbocycles. The van der Waals surface area contributed by atoms with Gasteiger partial charge in [-0.15, -0.1) is 0 Å². The summed E-state index contributed by atoms with van der Waals surface area (Å²) in [6, 6.07) is 22.3. The fourth-order valence-electron chi connectivity index (χ4n) is 2.82. The van der Waals surface area contributed by atoms with E-state index in [0.717, 1.165) is 6.54 Å². The minimum Gasteiger partial charge on any atom is -0.314 e. The summed E-state index contributed by atoms with van der Waals surface area (Å²) in [7, 11) is 0. The minimum atomic E-state index is 0.638. The van der Waals surface area contributed by atoms with E-state index >= 15 is 0 Å². The molecular weight excluding hydrogens is 254 g/mol. The van der Waals surface area contributed by atoms with Crippen LogP contribution in [0.3, 0.4) is 0 Å². The van der Waals surface area contributed by atoms with E-state index in [4.69, 9.17) is 0 Å². The molecule has 2 aromatic rings. The average Bonchev–Trinajstić information content (AvgIpc) is 2.54. The molecule has 1 atom stereocenters. The van der Waals surface area contributed by atoms with Crippen molar-refractivity contribution in [2.24, 2.45) is 0 Å². The van der Waals surface area contributed by atoms with Crippen molar-refractivity contribution in [3.05, 3.63) is 71.8 Å². The average molecular weight is 281 g/mol. The van der Waals surface area contributed by atoms with E-state index in [9.17, 15) is 0 Å². The molecule has 1 unspecified atom stereocenters. The van der Waals surface area contributed by atoms with Crippen LogP contribution in [0.4, 0.5) is 0 Å². The van der Waals surface area contributed by atoms with E-state index in [1.54, 1.807) is 0 Å². The second kappa shape index (κ2) is 9.36. The van der Waals surface area contributed by atoms with Crippen LogP contribution >= 0.6 is 0 Å². The molecule has 2 aromatic carbocycles. The van der Waals surface area contributed by atoms with E-state index in [2.05, 4.69) is 72.9 Å². The van der Waals surface area contributed by atoms with Crippen LogP contribution in [0.2, 0.25) is 0 Å². The number of hydrogen-bond acceptors (Lipinski definition) is 1. The maximum atomic E-state index is 3.64. The number of nitrogens with one attached hydrogen (secondary N) is 1. The Labute approximate surface area is 129 Å². The summed E-state index contributed by atoms with van der Waals surface area (Å²) in [6.45, 7) is 3.26. The van der Waals surface area contributed by atoms with E-state index in [-0.39, 0.29) is 0 Å². The molecule has 0 heterocycles. The van der Waals surface area contributed by atoms with Crippen molar-refractivity contribution in [2.45, 2.75) is 45.1 Å². The Morgan fingerprint density at radius 3 is 1.90 bits per heavy atom. The van der Waals surface area contributed by atoms with Gasteiger partial charge >= 0.3 is 0 Å². The first-order valence-corrected chi connectivity index (χ1v) is 8.19. The summed E-state index contributed by atoms with van der Waals surface area (Å²) < 4.78 is 0. The Morgan fingerprint density at radius 1 is 0.762 bits per heavy atom. The zero-order valence-corrected chi connectivity index (χ0v) is 13.1. The lowest BCUT2D eigenvalue weighted by atomic mass is 9.99. The van der Waals surface area contributed by atoms with Gasteiger partial charge in [0.2, 0.25) is 0 Å². The lowest BCUT2D eigenvalue weighted by molar-refractivity contribution is 0.452. The van der Waals surface area contributed by atoms with Crippen LogP contribution in [-0.4, -0.2) is 12.6 Å². The molecule has 0 radical (unpaired) electrons. The van der Waals surface area contributed by atoms with Gasteiger partial charge in [-0.2, -0.15) is 0 Å². The molecule has 1 N–H and O–H groups in total. The molecule has 1 heteroatoms. The second-order valence-corrected chi connectivity index (χ2v) is 5.66. The smallest absolute Gasteiger partial charge is 0.00702 e. The Bertz CT molecular complexity index is 478. The van der Waals surface area contributed by atoms with Gasteiger partial charge in [0, 0.05) is 6.04 Å². The molecule has 0 bridgehead atoms. The van der Waals surface area contributed by atoms with Crippen LogP contribution in [-0.2, 0) is 12.8 Å². The van der Waals surface area contributed by atoms with Crippen molar-refractivity contribution in [1.82, 2.24) is 5.32 Å². The van der Waals surface area contributed by atoms with E-state index in [1.807, 2.05) is 0 Å². The molecule has 0 amide bonds. The number of aryl methyl sites for hydroxylation is 2. The second-order valence-electron chi connectivity index (χ2n) is 5.66. The highest BCUT2D eigenvalue weighted by molar-refractivity contribution is 5.15. The first-order valence-electron chi connectivity index (χ1n) is 8.19. The standard InChI is InChI=1S/C20H27N/c1-2-21-20(17-16-19-12-7-4-8-13-19)15-9-14-18-10-5-3-6-11-18/h3-8,10-13,20-21H,2,9,14-17H2,1H3. The highest BCUT2D eigenvalue weighted by atomic mass is 14.9. The third-order valence-electron chi connectivity index (χ3n) is 3.98. The molecule has 0 fully saturated rings. The zero-order valence-electron chi connectivity index (χ0n) is 13.1. The Hall–Kier alpha value is -1.60. The van der Waals surface area contributed by atoms with Gasteiger partial charge in [0.05, 0.1) is 0 Å². The number of benzene rings is 2. The quantitative estimate of drug-likeness (QED) is 0.707. The molecule has 2 rings (SSSR count). The van der Waals surface area contributed by atoms with E-state index in [0.29, 0.717) is 6.04 Å². The van der Waals surface area contributed by atoms with Gasteiger partial charge in [0.25, 0.3) is 0 Å². The van der Waals surface area contributed by atoms with Crippen molar-refractivity contribution in [1.29, 1.82) is 0 Å². The summed E-state index contributed by atoms with van der Waals surface area (Å²) >= 11 is 0. The molecule has 0 spiro atoms. The van der Waals surface area contributed by atoms with Gasteiger partial charge in [-0.25, -0.2) is 0 Å². The molecule has 0 aliphatic carbocycles. The Morgan fingerprint density at radius 2 is 1.33 bits per heavy atom. The molecule has 21 heavy (non-hydrogen) atoms. The van der Waals surface area contributed by atoms with E-state index < -0.39 is 0 Å². The van der Waals surface area contributed by atoms with E-state index in [1.165, 1.54) is 43.2 Å². The Kier molecular flexibility index (Phi) is 7.03. The third-order valence-corrected chi connectivity index (χ3v) is 3.98. The van der Waals surface area contributed by atoms with Crippen molar-refractivity contribution in [2.75, 3.05) is 6.54 Å². The van der Waals surface area contributed by atoms with Gasteiger partial charge in [-0.3, -0.25) is 0 Å². The van der Waals surface area contributed by atoms with Crippen LogP contribution in [0.25, 0.3) is 0 Å². The highest BCUT2D eigenvalue weighted by Gasteiger charge is 2.07. The van der Waals surface area contributed by atoms with Gasteiger partial charge in [-0.05, 0) is 49.8 Å². The highest BCUT2D eigenvalue weighted by Crippen LogP contribution is 2.11. The summed E-state index contributed by atoms with van der Waals surface area (Å²) in [5, 5.41) is 3.64. The maximum absolute atomic E-state index is 3.64. The summed E-state index contributed by atoms with van der Waals surface area (Å²) in [4.78, 5) is 0. The number of rotatable bonds is 9. The lowest BCUT2D eigenvalue weighted by Crippen LogP contribution is -2.29. The van der Waals surface area contributed by atoms with Gasteiger partial charge < -0.3 is 5.32 Å².